The van der Waals surface area contributed by atoms with E-state index in [1.807, 2.05) is 18.2 Å². The number of hydrogen-bond acceptors (Lipinski definition) is 2. The molecule has 0 saturated heterocycles. The van der Waals surface area contributed by atoms with E-state index in [9.17, 15) is 4.39 Å². The summed E-state index contributed by atoms with van der Waals surface area (Å²) in [6, 6.07) is 8.83. The molecule has 0 radical (unpaired) electrons. The third-order valence-corrected chi connectivity index (χ3v) is 1.71. The highest BCUT2D eigenvalue weighted by Gasteiger charge is 1.80. The fourth-order valence-corrected chi connectivity index (χ4v) is 1.02. The number of pyridine rings is 1. The van der Waals surface area contributed by atoms with E-state index in [2.05, 4.69) is 4.98 Å². The van der Waals surface area contributed by atoms with Crippen LogP contribution in [0.5, 0.6) is 0 Å². The average Bonchev–Trinajstić information content (AvgIpc) is 2.60. The van der Waals surface area contributed by atoms with Crippen LogP contribution in [0.4, 0.5) is 4.39 Å². The fourth-order valence-electron chi connectivity index (χ4n) is 0.571. The van der Waals surface area contributed by atoms with Gasteiger partial charge in [-0.25, -0.2) is 0 Å². The molecule has 0 aromatic carbocycles. The first-order valence-corrected chi connectivity index (χ1v) is 4.31. The molecule has 0 saturated carbocycles. The second-order valence-corrected chi connectivity index (χ2v) is 2.84. The van der Waals surface area contributed by atoms with Gasteiger partial charge < -0.3 is 0 Å². The van der Waals surface area contributed by atoms with E-state index in [1.54, 1.807) is 23.8 Å². The maximum Gasteiger partial charge on any atom is 0.176 e. The van der Waals surface area contributed by atoms with Gasteiger partial charge in [-0.05, 0) is 29.6 Å². The summed E-state index contributed by atoms with van der Waals surface area (Å²) in [5.74, 6) is 0. The Morgan fingerprint density at radius 3 is 2.00 bits per heavy atom. The molecule has 0 unspecified atom stereocenters. The van der Waals surface area contributed by atoms with E-state index in [0.29, 0.717) is 0 Å². The Kier molecular flexibility index (Phi) is 4.02. The zero-order valence-corrected chi connectivity index (χ0v) is 7.17. The lowest BCUT2D eigenvalue weighted by atomic mass is 10.5. The summed E-state index contributed by atoms with van der Waals surface area (Å²) in [7, 11) is 0. The van der Waals surface area contributed by atoms with Crippen molar-refractivity contribution in [1.29, 1.82) is 0 Å². The van der Waals surface area contributed by atoms with Gasteiger partial charge >= 0.3 is 0 Å². The smallest absolute Gasteiger partial charge is 0.176 e. The van der Waals surface area contributed by atoms with Crippen molar-refractivity contribution in [1.82, 2.24) is 4.98 Å². The van der Waals surface area contributed by atoms with Gasteiger partial charge in [0, 0.05) is 12.4 Å². The predicted octanol–water partition coefficient (Wildman–Crippen LogP) is 2.97. The number of aromatic nitrogens is 1. The zero-order valence-electron chi connectivity index (χ0n) is 6.35. The summed E-state index contributed by atoms with van der Waals surface area (Å²) in [4.78, 5) is 3.78. The third-order valence-electron chi connectivity index (χ3n) is 1.05. The second-order valence-electron chi connectivity index (χ2n) is 1.94. The zero-order chi connectivity index (χ0) is 8.65. The minimum atomic E-state index is -0.116. The van der Waals surface area contributed by atoms with Crippen LogP contribution in [0.15, 0.2) is 48.1 Å². The molecule has 2 rings (SSSR count). The third kappa shape index (κ3) is 3.83. The highest BCUT2D eigenvalue weighted by molar-refractivity contribution is 7.08. The molecule has 0 fully saturated rings. The molecule has 2 aromatic heterocycles. The van der Waals surface area contributed by atoms with Gasteiger partial charge in [-0.3, -0.25) is 4.98 Å². The van der Waals surface area contributed by atoms with Crippen molar-refractivity contribution in [2.75, 3.05) is 0 Å². The van der Waals surface area contributed by atoms with Crippen LogP contribution in [-0.4, -0.2) is 4.98 Å². The molecule has 0 aliphatic rings. The maximum atomic E-state index is 11.7. The lowest BCUT2D eigenvalue weighted by molar-refractivity contribution is 0.657. The van der Waals surface area contributed by atoms with Gasteiger partial charge in [-0.2, -0.15) is 4.39 Å². The maximum absolute atomic E-state index is 11.7. The van der Waals surface area contributed by atoms with Crippen LogP contribution in [0.25, 0.3) is 0 Å². The topological polar surface area (TPSA) is 12.9 Å². The molecular formula is C9H8FNS. The number of hydrogen-bond donors (Lipinski definition) is 0. The Hall–Kier alpha value is -1.22. The first kappa shape index (κ1) is 8.87. The van der Waals surface area contributed by atoms with Gasteiger partial charge in [-0.15, -0.1) is 11.3 Å². The summed E-state index contributed by atoms with van der Waals surface area (Å²) in [6.45, 7) is 0. The van der Waals surface area contributed by atoms with Crippen LogP contribution < -0.4 is 0 Å². The van der Waals surface area contributed by atoms with Gasteiger partial charge in [0.2, 0.25) is 0 Å². The molecular weight excluding hydrogens is 173 g/mol. The first-order valence-electron chi connectivity index (χ1n) is 3.43. The highest BCUT2D eigenvalue weighted by Crippen LogP contribution is 2.02. The van der Waals surface area contributed by atoms with Crippen LogP contribution in [0.1, 0.15) is 0 Å². The summed E-state index contributed by atoms with van der Waals surface area (Å²) in [6.07, 6.45) is 3.50. The van der Waals surface area contributed by atoms with Crippen molar-refractivity contribution in [2.45, 2.75) is 0 Å². The van der Waals surface area contributed by atoms with Gasteiger partial charge in [0.25, 0.3) is 0 Å². The summed E-state index contributed by atoms with van der Waals surface area (Å²) >= 11 is 1.11. The molecule has 0 aliphatic heterocycles. The second kappa shape index (κ2) is 5.43. The number of nitrogens with zero attached hydrogens (tertiary/aromatic N) is 1. The van der Waals surface area contributed by atoms with E-state index in [-0.39, 0.29) is 5.13 Å². The molecule has 0 atom stereocenters. The Labute approximate surface area is 74.5 Å². The van der Waals surface area contributed by atoms with Crippen molar-refractivity contribution in [3.8, 4) is 0 Å². The lowest BCUT2D eigenvalue weighted by Gasteiger charge is -1.70. The highest BCUT2D eigenvalue weighted by atomic mass is 32.1. The lowest BCUT2D eigenvalue weighted by Crippen LogP contribution is -1.58. The Bertz CT molecular complexity index is 254. The largest absolute Gasteiger partial charge is 0.265 e. The molecule has 1 nitrogen and oxygen atoms in total. The Morgan fingerprint density at radius 2 is 1.83 bits per heavy atom. The van der Waals surface area contributed by atoms with Crippen molar-refractivity contribution < 1.29 is 4.39 Å². The van der Waals surface area contributed by atoms with E-state index in [0.717, 1.165) is 11.3 Å². The summed E-state index contributed by atoms with van der Waals surface area (Å²) in [5, 5.41) is 1.59. The quantitative estimate of drug-likeness (QED) is 0.609. The van der Waals surface area contributed by atoms with E-state index >= 15 is 0 Å². The van der Waals surface area contributed by atoms with Gasteiger partial charge in [-0.1, -0.05) is 6.07 Å². The van der Waals surface area contributed by atoms with Crippen molar-refractivity contribution >= 4 is 11.3 Å². The van der Waals surface area contributed by atoms with Crippen molar-refractivity contribution in [3.63, 3.8) is 0 Å². The monoisotopic (exact) mass is 181 g/mol. The molecule has 62 valence electrons. The van der Waals surface area contributed by atoms with E-state index in [1.165, 1.54) is 6.07 Å². The number of rotatable bonds is 0. The molecule has 0 bridgehead atoms. The predicted molar refractivity (Wildman–Crippen MR) is 48.5 cm³/mol. The van der Waals surface area contributed by atoms with Gasteiger partial charge in [0.1, 0.15) is 0 Å². The first-order chi connectivity index (χ1) is 5.89. The van der Waals surface area contributed by atoms with Crippen LogP contribution in [0.3, 0.4) is 0 Å². The van der Waals surface area contributed by atoms with Gasteiger partial charge in [0.05, 0.1) is 0 Å². The molecule has 0 aliphatic carbocycles. The van der Waals surface area contributed by atoms with Crippen LogP contribution in [0.2, 0.25) is 0 Å². The van der Waals surface area contributed by atoms with E-state index in [4.69, 9.17) is 0 Å². The van der Waals surface area contributed by atoms with Crippen molar-refractivity contribution in [3.05, 3.63) is 53.2 Å². The summed E-state index contributed by atoms with van der Waals surface area (Å²) in [5.41, 5.74) is 0. The molecule has 12 heavy (non-hydrogen) atoms. The fraction of sp³-hybridized carbons (Fsp3) is 0. The minimum absolute atomic E-state index is 0.116. The molecule has 3 heteroatoms. The van der Waals surface area contributed by atoms with Crippen LogP contribution in [-0.2, 0) is 0 Å². The Morgan fingerprint density at radius 1 is 1.08 bits per heavy atom. The van der Waals surface area contributed by atoms with Crippen molar-refractivity contribution in [2.24, 2.45) is 0 Å². The SMILES string of the molecule is Fc1cccs1.c1ccncc1. The van der Waals surface area contributed by atoms with E-state index < -0.39 is 0 Å². The average molecular weight is 181 g/mol. The number of thiophene rings is 1. The molecule has 2 aromatic rings. The van der Waals surface area contributed by atoms with Crippen LogP contribution in [0, 0.1) is 5.13 Å². The summed E-state index contributed by atoms with van der Waals surface area (Å²) < 4.78 is 11.7. The Balaban J connectivity index is 0.000000120. The number of halogens is 1. The normalized spacial score (nSPS) is 8.42. The van der Waals surface area contributed by atoms with Gasteiger partial charge in [0.15, 0.2) is 5.13 Å². The molecule has 2 heterocycles. The standard InChI is InChI=1S/C5H5N.C4H3FS/c1-2-4-6-5-3-1;5-4-2-1-3-6-4/h1-5H;1-3H. The molecule has 0 N–H and O–H groups in total. The molecule has 0 amide bonds. The van der Waals surface area contributed by atoms with Crippen LogP contribution >= 0.6 is 11.3 Å². The molecule has 0 spiro atoms. The minimum Gasteiger partial charge on any atom is -0.265 e.